The van der Waals surface area contributed by atoms with E-state index >= 15 is 0 Å². The molecule has 156 valence electrons. The lowest BCUT2D eigenvalue weighted by molar-refractivity contribution is -0.136. The van der Waals surface area contributed by atoms with E-state index in [1.54, 1.807) is 0 Å². The Morgan fingerprint density at radius 2 is 1.90 bits per heavy atom. The Balaban J connectivity index is 1.83. The molecule has 0 saturated heterocycles. The van der Waals surface area contributed by atoms with Crippen molar-refractivity contribution < 1.29 is 19.4 Å². The van der Waals surface area contributed by atoms with Crippen molar-refractivity contribution in [1.82, 2.24) is 0 Å². The molecule has 1 aliphatic heterocycles. The molecular formula is C25H32O4. The zero-order valence-corrected chi connectivity index (χ0v) is 18.4. The fourth-order valence-electron chi connectivity index (χ4n) is 3.93. The van der Waals surface area contributed by atoms with Gasteiger partial charge in [-0.25, -0.2) is 0 Å². The van der Waals surface area contributed by atoms with Crippen LogP contribution in [0.1, 0.15) is 73.4 Å². The SMILES string of the molecule is Cc1c(CCC(=O)O)ccc(OCc2cc(C(C)C)cc3c2OC(C)(C)C3)c1C. The maximum Gasteiger partial charge on any atom is 0.303 e. The summed E-state index contributed by atoms with van der Waals surface area (Å²) in [6.07, 6.45) is 1.59. The highest BCUT2D eigenvalue weighted by Gasteiger charge is 2.32. The second kappa shape index (κ2) is 8.10. The van der Waals surface area contributed by atoms with E-state index in [4.69, 9.17) is 14.6 Å². The molecule has 0 amide bonds. The predicted molar refractivity (Wildman–Crippen MR) is 115 cm³/mol. The van der Waals surface area contributed by atoms with Crippen LogP contribution in [0.4, 0.5) is 0 Å². The third kappa shape index (κ3) is 4.75. The number of benzene rings is 2. The van der Waals surface area contributed by atoms with E-state index in [-0.39, 0.29) is 12.0 Å². The van der Waals surface area contributed by atoms with E-state index in [1.807, 2.05) is 26.0 Å². The van der Waals surface area contributed by atoms with Crippen molar-refractivity contribution in [2.24, 2.45) is 0 Å². The van der Waals surface area contributed by atoms with Crippen molar-refractivity contribution in [3.8, 4) is 11.5 Å². The number of ether oxygens (including phenoxy) is 2. The largest absolute Gasteiger partial charge is 0.488 e. The number of carbonyl (C=O) groups is 1. The molecule has 0 saturated carbocycles. The van der Waals surface area contributed by atoms with E-state index in [9.17, 15) is 4.79 Å². The molecule has 0 atom stereocenters. The Labute approximate surface area is 173 Å². The quantitative estimate of drug-likeness (QED) is 0.649. The summed E-state index contributed by atoms with van der Waals surface area (Å²) in [5, 5.41) is 8.94. The molecule has 0 radical (unpaired) electrons. The van der Waals surface area contributed by atoms with Crippen molar-refractivity contribution in [3.05, 3.63) is 57.6 Å². The van der Waals surface area contributed by atoms with Crippen LogP contribution in [-0.4, -0.2) is 16.7 Å². The summed E-state index contributed by atoms with van der Waals surface area (Å²) >= 11 is 0. The summed E-state index contributed by atoms with van der Waals surface area (Å²) in [5.74, 6) is 1.47. The van der Waals surface area contributed by atoms with Gasteiger partial charge in [0.25, 0.3) is 0 Å². The first-order valence-electron chi connectivity index (χ1n) is 10.4. The van der Waals surface area contributed by atoms with E-state index < -0.39 is 5.97 Å². The summed E-state index contributed by atoms with van der Waals surface area (Å²) in [4.78, 5) is 10.9. The number of carboxylic acid groups (broad SMARTS) is 1. The highest BCUT2D eigenvalue weighted by molar-refractivity contribution is 5.67. The van der Waals surface area contributed by atoms with E-state index in [2.05, 4.69) is 39.8 Å². The number of rotatable bonds is 7. The minimum absolute atomic E-state index is 0.141. The van der Waals surface area contributed by atoms with Gasteiger partial charge in [-0.15, -0.1) is 0 Å². The maximum atomic E-state index is 10.9. The highest BCUT2D eigenvalue weighted by Crippen LogP contribution is 2.40. The van der Waals surface area contributed by atoms with Crippen molar-refractivity contribution in [2.75, 3.05) is 0 Å². The van der Waals surface area contributed by atoms with Gasteiger partial charge in [0.2, 0.25) is 0 Å². The van der Waals surface area contributed by atoms with Gasteiger partial charge in [0.15, 0.2) is 0 Å². The van der Waals surface area contributed by atoms with Crippen LogP contribution in [0.3, 0.4) is 0 Å². The van der Waals surface area contributed by atoms with Gasteiger partial charge >= 0.3 is 5.97 Å². The second-order valence-electron chi connectivity index (χ2n) is 9.02. The smallest absolute Gasteiger partial charge is 0.303 e. The summed E-state index contributed by atoms with van der Waals surface area (Å²) in [5.41, 5.74) is 6.68. The monoisotopic (exact) mass is 396 g/mol. The minimum atomic E-state index is -0.774. The third-order valence-electron chi connectivity index (χ3n) is 5.77. The Morgan fingerprint density at radius 3 is 2.55 bits per heavy atom. The Morgan fingerprint density at radius 1 is 1.17 bits per heavy atom. The lowest BCUT2D eigenvalue weighted by Crippen LogP contribution is -2.25. The number of fused-ring (bicyclic) bond motifs is 1. The maximum absolute atomic E-state index is 10.9. The minimum Gasteiger partial charge on any atom is -0.488 e. The summed E-state index contributed by atoms with van der Waals surface area (Å²) in [7, 11) is 0. The average molecular weight is 397 g/mol. The predicted octanol–water partition coefficient (Wildman–Crippen LogP) is 5.74. The number of hydrogen-bond donors (Lipinski definition) is 1. The Bertz CT molecular complexity index is 925. The van der Waals surface area contributed by atoms with Crippen LogP contribution in [0, 0.1) is 13.8 Å². The van der Waals surface area contributed by atoms with Crippen LogP contribution in [0.25, 0.3) is 0 Å². The van der Waals surface area contributed by atoms with Crippen LogP contribution >= 0.6 is 0 Å². The first-order valence-corrected chi connectivity index (χ1v) is 10.4. The third-order valence-corrected chi connectivity index (χ3v) is 5.77. The molecule has 29 heavy (non-hydrogen) atoms. The van der Waals surface area contributed by atoms with Gasteiger partial charge in [-0.05, 0) is 80.0 Å². The molecule has 0 bridgehead atoms. The van der Waals surface area contributed by atoms with Gasteiger partial charge in [-0.1, -0.05) is 26.0 Å². The van der Waals surface area contributed by atoms with Gasteiger partial charge in [0.1, 0.15) is 23.7 Å². The fourth-order valence-corrected chi connectivity index (χ4v) is 3.93. The number of carboxylic acids is 1. The van der Waals surface area contributed by atoms with Crippen LogP contribution in [0.5, 0.6) is 11.5 Å². The molecule has 0 aliphatic carbocycles. The van der Waals surface area contributed by atoms with Crippen LogP contribution in [-0.2, 0) is 24.2 Å². The summed E-state index contributed by atoms with van der Waals surface area (Å²) in [6, 6.07) is 8.41. The molecule has 1 N–H and O–H groups in total. The molecule has 0 aromatic heterocycles. The van der Waals surface area contributed by atoms with Crippen molar-refractivity contribution in [1.29, 1.82) is 0 Å². The van der Waals surface area contributed by atoms with Gasteiger partial charge < -0.3 is 14.6 Å². The molecule has 0 fully saturated rings. The molecule has 4 nitrogen and oxygen atoms in total. The number of aliphatic carboxylic acids is 1. The standard InChI is InChI=1S/C25H32O4/c1-15(2)19-11-20-13-25(5,6)29-24(20)21(12-19)14-28-22-9-7-18(8-10-23(26)27)16(3)17(22)4/h7,9,11-12,15H,8,10,13-14H2,1-6H3,(H,26,27). The van der Waals surface area contributed by atoms with Crippen molar-refractivity contribution >= 4 is 5.97 Å². The van der Waals surface area contributed by atoms with Gasteiger partial charge in [0.05, 0.1) is 0 Å². The fraction of sp³-hybridized carbons (Fsp3) is 0.480. The van der Waals surface area contributed by atoms with Crippen molar-refractivity contribution in [3.63, 3.8) is 0 Å². The Kier molecular flexibility index (Phi) is 5.92. The molecular weight excluding hydrogens is 364 g/mol. The van der Waals surface area contributed by atoms with E-state index in [0.29, 0.717) is 18.9 Å². The molecule has 1 aliphatic rings. The van der Waals surface area contributed by atoms with Crippen LogP contribution in [0.15, 0.2) is 24.3 Å². The molecule has 3 rings (SSSR count). The molecule has 4 heteroatoms. The topological polar surface area (TPSA) is 55.8 Å². The molecule has 0 unspecified atom stereocenters. The van der Waals surface area contributed by atoms with Crippen molar-refractivity contribution in [2.45, 2.75) is 78.9 Å². The number of aryl methyl sites for hydroxylation is 1. The first kappa shape index (κ1) is 21.2. The van der Waals surface area contributed by atoms with Gasteiger partial charge in [0, 0.05) is 18.4 Å². The lowest BCUT2D eigenvalue weighted by Gasteiger charge is -2.19. The Hall–Kier alpha value is -2.49. The summed E-state index contributed by atoms with van der Waals surface area (Å²) in [6.45, 7) is 13.2. The van der Waals surface area contributed by atoms with Gasteiger partial charge in [-0.2, -0.15) is 0 Å². The zero-order valence-electron chi connectivity index (χ0n) is 18.4. The van der Waals surface area contributed by atoms with Gasteiger partial charge in [-0.3, -0.25) is 4.79 Å². The van der Waals surface area contributed by atoms with E-state index in [0.717, 1.165) is 40.2 Å². The molecule has 0 spiro atoms. The average Bonchev–Trinajstić information content (AvgIpc) is 2.95. The zero-order chi connectivity index (χ0) is 21.3. The summed E-state index contributed by atoms with van der Waals surface area (Å²) < 4.78 is 12.5. The second-order valence-corrected chi connectivity index (χ2v) is 9.02. The number of hydrogen-bond acceptors (Lipinski definition) is 3. The van der Waals surface area contributed by atoms with E-state index in [1.165, 1.54) is 11.1 Å². The molecule has 1 heterocycles. The van der Waals surface area contributed by atoms with Crippen LogP contribution < -0.4 is 9.47 Å². The van der Waals surface area contributed by atoms with Crippen LogP contribution in [0.2, 0.25) is 0 Å². The lowest BCUT2D eigenvalue weighted by atomic mass is 9.94. The highest BCUT2D eigenvalue weighted by atomic mass is 16.5. The first-order chi connectivity index (χ1) is 13.6. The molecule has 2 aromatic rings. The molecule has 2 aromatic carbocycles. The normalized spacial score (nSPS) is 14.6.